The Labute approximate surface area is 106 Å². The van der Waals surface area contributed by atoms with Crippen LogP contribution in [0.4, 0.5) is 5.69 Å². The van der Waals surface area contributed by atoms with E-state index in [4.69, 9.17) is 0 Å². The van der Waals surface area contributed by atoms with Crippen molar-refractivity contribution in [3.8, 4) is 0 Å². The first-order chi connectivity index (χ1) is 8.74. The lowest BCUT2D eigenvalue weighted by Gasteiger charge is -2.02. The van der Waals surface area contributed by atoms with Crippen molar-refractivity contribution in [1.29, 1.82) is 0 Å². The number of nitro groups is 1. The number of thiazole rings is 1. The van der Waals surface area contributed by atoms with Crippen LogP contribution in [0.2, 0.25) is 0 Å². The largest absolute Gasteiger partial charge is 0.342 e. The molecule has 2 heterocycles. The molecule has 1 aromatic carbocycles. The number of hydrogen-bond donors (Lipinski definition) is 0. The van der Waals surface area contributed by atoms with Gasteiger partial charge in [0.05, 0.1) is 17.0 Å². The van der Waals surface area contributed by atoms with Crippen LogP contribution >= 0.6 is 11.3 Å². The monoisotopic (exact) mass is 259 g/mol. The van der Waals surface area contributed by atoms with Crippen LogP contribution in [0.15, 0.2) is 42.2 Å². The predicted octanol–water partition coefficient (Wildman–Crippen LogP) is 3.05. The normalized spacial score (nSPS) is 10.9. The zero-order valence-electron chi connectivity index (χ0n) is 9.31. The average Bonchev–Trinajstić information content (AvgIpc) is 2.99. The summed E-state index contributed by atoms with van der Waals surface area (Å²) in [5, 5.41) is 11.6. The topological polar surface area (TPSA) is 61.0 Å². The van der Waals surface area contributed by atoms with Gasteiger partial charge in [-0.05, 0) is 12.1 Å². The maximum atomic E-state index is 10.7. The minimum atomic E-state index is -0.375. The molecule has 0 saturated carbocycles. The van der Waals surface area contributed by atoms with Crippen LogP contribution < -0.4 is 0 Å². The van der Waals surface area contributed by atoms with Crippen molar-refractivity contribution in [2.24, 2.45) is 0 Å². The zero-order valence-corrected chi connectivity index (χ0v) is 10.1. The maximum absolute atomic E-state index is 10.7. The first-order valence-electron chi connectivity index (χ1n) is 5.35. The molecule has 0 aliphatic heterocycles. The second-order valence-electron chi connectivity index (χ2n) is 3.91. The number of nitro benzene ring substituents is 1. The lowest BCUT2D eigenvalue weighted by atomic mass is 10.2. The van der Waals surface area contributed by atoms with Gasteiger partial charge in [0.1, 0.15) is 0 Å². The van der Waals surface area contributed by atoms with E-state index < -0.39 is 0 Å². The Hall–Kier alpha value is -2.21. The molecule has 0 N–H and O–H groups in total. The van der Waals surface area contributed by atoms with Crippen molar-refractivity contribution in [1.82, 2.24) is 9.55 Å². The van der Waals surface area contributed by atoms with Crippen molar-refractivity contribution in [2.75, 3.05) is 0 Å². The van der Waals surface area contributed by atoms with Gasteiger partial charge in [0, 0.05) is 40.3 Å². The Kier molecular flexibility index (Phi) is 2.56. The number of nitrogens with zero attached hydrogens (tertiary/aromatic N) is 3. The van der Waals surface area contributed by atoms with E-state index in [1.807, 2.05) is 18.5 Å². The highest BCUT2D eigenvalue weighted by Crippen LogP contribution is 2.23. The Bertz CT molecular complexity index is 703. The van der Waals surface area contributed by atoms with Gasteiger partial charge in [-0.25, -0.2) is 0 Å². The highest BCUT2D eigenvalue weighted by atomic mass is 32.1. The van der Waals surface area contributed by atoms with Gasteiger partial charge in [0.15, 0.2) is 0 Å². The molecule has 2 aromatic heterocycles. The van der Waals surface area contributed by atoms with E-state index in [0.717, 1.165) is 22.3 Å². The van der Waals surface area contributed by atoms with Crippen LogP contribution in [0.1, 0.15) is 4.88 Å². The van der Waals surface area contributed by atoms with Gasteiger partial charge in [-0.2, -0.15) is 0 Å². The summed E-state index contributed by atoms with van der Waals surface area (Å²) in [5.74, 6) is 0. The molecule has 0 atom stereocenters. The molecule has 0 aliphatic carbocycles. The summed E-state index contributed by atoms with van der Waals surface area (Å²) in [4.78, 5) is 15.5. The van der Waals surface area contributed by atoms with Crippen LogP contribution in [0, 0.1) is 10.1 Å². The van der Waals surface area contributed by atoms with E-state index in [1.165, 1.54) is 6.07 Å². The summed E-state index contributed by atoms with van der Waals surface area (Å²) in [7, 11) is 0. The van der Waals surface area contributed by atoms with Crippen molar-refractivity contribution < 1.29 is 4.92 Å². The van der Waals surface area contributed by atoms with Gasteiger partial charge < -0.3 is 4.57 Å². The maximum Gasteiger partial charge on any atom is 0.270 e. The summed E-state index contributed by atoms with van der Waals surface area (Å²) in [5.41, 5.74) is 2.92. The molecule has 0 bridgehead atoms. The zero-order chi connectivity index (χ0) is 12.5. The first kappa shape index (κ1) is 10.9. The van der Waals surface area contributed by atoms with E-state index in [9.17, 15) is 10.1 Å². The fourth-order valence-electron chi connectivity index (χ4n) is 1.93. The van der Waals surface area contributed by atoms with Crippen molar-refractivity contribution >= 4 is 27.9 Å². The van der Waals surface area contributed by atoms with Crippen molar-refractivity contribution in [3.63, 3.8) is 0 Å². The molecule has 90 valence electrons. The lowest BCUT2D eigenvalue weighted by Crippen LogP contribution is -1.95. The summed E-state index contributed by atoms with van der Waals surface area (Å²) < 4.78 is 2.06. The molecule has 0 spiro atoms. The van der Waals surface area contributed by atoms with Gasteiger partial charge in [0.2, 0.25) is 0 Å². The summed E-state index contributed by atoms with van der Waals surface area (Å²) >= 11 is 1.60. The molecule has 0 amide bonds. The highest BCUT2D eigenvalue weighted by molar-refractivity contribution is 7.09. The quantitative estimate of drug-likeness (QED) is 0.536. The number of rotatable bonds is 3. The molecule has 0 saturated heterocycles. The van der Waals surface area contributed by atoms with E-state index >= 15 is 0 Å². The van der Waals surface area contributed by atoms with Gasteiger partial charge >= 0.3 is 0 Å². The fraction of sp³-hybridized carbons (Fsp3) is 0.0833. The molecule has 0 radical (unpaired) electrons. The molecule has 3 aromatic rings. The summed E-state index contributed by atoms with van der Waals surface area (Å²) in [6.07, 6.45) is 3.77. The minimum Gasteiger partial charge on any atom is -0.342 e. The average molecular weight is 259 g/mol. The van der Waals surface area contributed by atoms with E-state index in [1.54, 1.807) is 29.0 Å². The molecule has 18 heavy (non-hydrogen) atoms. The third-order valence-electron chi connectivity index (χ3n) is 2.78. The van der Waals surface area contributed by atoms with Crippen molar-refractivity contribution in [3.05, 3.63) is 57.2 Å². The Morgan fingerprint density at radius 3 is 3.00 bits per heavy atom. The standard InChI is InChI=1S/C12H9N3O2S/c16-15(17)10-1-2-12-9(5-10)3-4-14(12)7-11-6-13-8-18-11/h1-6,8H,7H2. The Morgan fingerprint density at radius 2 is 2.28 bits per heavy atom. The number of non-ortho nitro benzene ring substituents is 1. The smallest absolute Gasteiger partial charge is 0.270 e. The molecule has 0 fully saturated rings. The molecular weight excluding hydrogens is 250 g/mol. The van der Waals surface area contributed by atoms with Crippen LogP contribution in [-0.4, -0.2) is 14.5 Å². The number of benzene rings is 1. The number of aromatic nitrogens is 2. The molecule has 0 unspecified atom stereocenters. The second-order valence-corrected chi connectivity index (χ2v) is 4.88. The summed E-state index contributed by atoms with van der Waals surface area (Å²) in [6, 6.07) is 6.81. The third kappa shape index (κ3) is 1.86. The van der Waals surface area contributed by atoms with E-state index in [0.29, 0.717) is 0 Å². The van der Waals surface area contributed by atoms with Crippen LogP contribution in [0.5, 0.6) is 0 Å². The van der Waals surface area contributed by atoms with Gasteiger partial charge in [-0.15, -0.1) is 11.3 Å². The first-order valence-corrected chi connectivity index (χ1v) is 6.22. The predicted molar refractivity (Wildman–Crippen MR) is 69.8 cm³/mol. The Balaban J connectivity index is 2.02. The second kappa shape index (κ2) is 4.23. The molecule has 0 aliphatic rings. The Morgan fingerprint density at radius 1 is 1.39 bits per heavy atom. The van der Waals surface area contributed by atoms with Gasteiger partial charge in [-0.1, -0.05) is 0 Å². The minimum absolute atomic E-state index is 0.123. The van der Waals surface area contributed by atoms with Crippen LogP contribution in [0.25, 0.3) is 10.9 Å². The molecule has 3 rings (SSSR count). The van der Waals surface area contributed by atoms with Gasteiger partial charge in [-0.3, -0.25) is 15.1 Å². The lowest BCUT2D eigenvalue weighted by molar-refractivity contribution is -0.384. The SMILES string of the molecule is O=[N+]([O-])c1ccc2c(ccn2Cc2cncs2)c1. The van der Waals surface area contributed by atoms with E-state index in [-0.39, 0.29) is 10.6 Å². The molecule has 5 nitrogen and oxygen atoms in total. The van der Waals surface area contributed by atoms with Crippen LogP contribution in [0.3, 0.4) is 0 Å². The number of fused-ring (bicyclic) bond motifs is 1. The molecule has 6 heteroatoms. The molecular formula is C12H9N3O2S. The number of hydrogen-bond acceptors (Lipinski definition) is 4. The third-order valence-corrected chi connectivity index (χ3v) is 3.54. The van der Waals surface area contributed by atoms with Crippen LogP contribution in [-0.2, 0) is 6.54 Å². The summed E-state index contributed by atoms with van der Waals surface area (Å²) in [6.45, 7) is 0.742. The van der Waals surface area contributed by atoms with Gasteiger partial charge in [0.25, 0.3) is 5.69 Å². The van der Waals surface area contributed by atoms with Crippen molar-refractivity contribution in [2.45, 2.75) is 6.54 Å². The fourth-order valence-corrected chi connectivity index (χ4v) is 2.52. The van der Waals surface area contributed by atoms with E-state index in [2.05, 4.69) is 9.55 Å². The highest BCUT2D eigenvalue weighted by Gasteiger charge is 2.09.